The molecular weight excluding hydrogens is 284 g/mol. The second-order valence-electron chi connectivity index (χ2n) is 4.29. The molecule has 0 bridgehead atoms. The number of carbonyl (C=O) groups is 1. The van der Waals surface area contributed by atoms with E-state index in [9.17, 15) is 4.79 Å². The van der Waals surface area contributed by atoms with Gasteiger partial charge < -0.3 is 15.4 Å². The monoisotopic (exact) mass is 298 g/mol. The third kappa shape index (κ3) is 2.10. The molecule has 2 N–H and O–H groups in total. The first-order valence-electron chi connectivity index (χ1n) is 5.41. The highest BCUT2D eigenvalue weighted by molar-refractivity contribution is 9.10. The van der Waals surface area contributed by atoms with Crippen LogP contribution >= 0.6 is 15.9 Å². The lowest BCUT2D eigenvalue weighted by atomic mass is 9.84. The van der Waals surface area contributed by atoms with E-state index in [4.69, 9.17) is 10.5 Å². The largest absolute Gasteiger partial charge is 0.379 e. The Morgan fingerprint density at radius 2 is 2.18 bits per heavy atom. The van der Waals surface area contributed by atoms with E-state index < -0.39 is 5.41 Å². The first-order chi connectivity index (χ1) is 8.10. The van der Waals surface area contributed by atoms with Gasteiger partial charge in [-0.25, -0.2) is 0 Å². The van der Waals surface area contributed by atoms with Crippen LogP contribution in [0.25, 0.3) is 0 Å². The van der Waals surface area contributed by atoms with Crippen molar-refractivity contribution in [1.82, 2.24) is 0 Å². The number of anilines is 1. The quantitative estimate of drug-likeness (QED) is 0.917. The van der Waals surface area contributed by atoms with Gasteiger partial charge in [0.15, 0.2) is 0 Å². The summed E-state index contributed by atoms with van der Waals surface area (Å²) in [4.78, 5) is 14.0. The second kappa shape index (κ2) is 4.76. The number of nitrogens with two attached hydrogens (primary N) is 1. The average Bonchev–Trinajstić information content (AvgIpc) is 2.28. The number of hydrogen-bond acceptors (Lipinski definition) is 3. The highest BCUT2D eigenvalue weighted by Gasteiger charge is 2.46. The van der Waals surface area contributed by atoms with E-state index in [0.29, 0.717) is 19.8 Å². The van der Waals surface area contributed by atoms with Crippen LogP contribution in [-0.4, -0.2) is 32.7 Å². The fraction of sp³-hybridized carbons (Fsp3) is 0.417. The van der Waals surface area contributed by atoms with Gasteiger partial charge in [0.1, 0.15) is 5.41 Å². The van der Waals surface area contributed by atoms with Gasteiger partial charge in [-0.05, 0) is 28.1 Å². The van der Waals surface area contributed by atoms with Crippen LogP contribution in [0.5, 0.6) is 0 Å². The Balaban J connectivity index is 2.23. The number of hydrogen-bond donors (Lipinski definition) is 1. The van der Waals surface area contributed by atoms with E-state index in [1.165, 1.54) is 0 Å². The summed E-state index contributed by atoms with van der Waals surface area (Å²) in [5, 5.41) is 0. The molecule has 4 nitrogen and oxygen atoms in total. The molecule has 0 unspecified atom stereocenters. The lowest BCUT2D eigenvalue weighted by Crippen LogP contribution is -2.58. The third-order valence-corrected chi connectivity index (χ3v) is 3.79. The molecule has 1 aliphatic rings. The van der Waals surface area contributed by atoms with Crippen molar-refractivity contribution in [3.05, 3.63) is 28.7 Å². The summed E-state index contributed by atoms with van der Waals surface area (Å²) in [5.41, 5.74) is 5.99. The molecule has 5 heteroatoms. The van der Waals surface area contributed by atoms with E-state index in [-0.39, 0.29) is 5.91 Å². The Labute approximate surface area is 109 Å². The standard InChI is InChI=1S/C12H15BrN2O2/c1-15(10-5-3-2-4-9(10)13)11(16)12(6-14)7-17-8-12/h2-5H,6-8,14H2,1H3. The minimum Gasteiger partial charge on any atom is -0.379 e. The Morgan fingerprint density at radius 1 is 1.53 bits per heavy atom. The van der Waals surface area contributed by atoms with Crippen molar-refractivity contribution in [3.8, 4) is 0 Å². The topological polar surface area (TPSA) is 55.6 Å². The summed E-state index contributed by atoms with van der Waals surface area (Å²) >= 11 is 3.44. The van der Waals surface area contributed by atoms with Crippen LogP contribution in [0.2, 0.25) is 0 Å². The molecule has 1 amide bonds. The molecular formula is C12H15BrN2O2. The number of ether oxygens (including phenoxy) is 1. The molecule has 0 aromatic heterocycles. The van der Waals surface area contributed by atoms with Crippen LogP contribution in [0.15, 0.2) is 28.7 Å². The van der Waals surface area contributed by atoms with E-state index >= 15 is 0 Å². The smallest absolute Gasteiger partial charge is 0.238 e. The third-order valence-electron chi connectivity index (χ3n) is 3.12. The highest BCUT2D eigenvalue weighted by atomic mass is 79.9. The van der Waals surface area contributed by atoms with Gasteiger partial charge in [-0.1, -0.05) is 12.1 Å². The van der Waals surface area contributed by atoms with Crippen molar-refractivity contribution in [1.29, 1.82) is 0 Å². The number of nitrogens with zero attached hydrogens (tertiary/aromatic N) is 1. The summed E-state index contributed by atoms with van der Waals surface area (Å²) in [5.74, 6) is 0.0122. The molecule has 92 valence electrons. The maximum atomic E-state index is 12.4. The molecule has 0 saturated carbocycles. The fourth-order valence-corrected chi connectivity index (χ4v) is 2.42. The van der Waals surface area contributed by atoms with Crippen LogP contribution in [0.1, 0.15) is 0 Å². The first kappa shape index (κ1) is 12.5. The Hall–Kier alpha value is -0.910. The summed E-state index contributed by atoms with van der Waals surface area (Å²) in [6.07, 6.45) is 0. The van der Waals surface area contributed by atoms with Gasteiger partial charge in [-0.2, -0.15) is 0 Å². The van der Waals surface area contributed by atoms with Crippen LogP contribution in [0.4, 0.5) is 5.69 Å². The van der Waals surface area contributed by atoms with Crippen molar-refractivity contribution in [2.75, 3.05) is 31.7 Å². The molecule has 1 aliphatic heterocycles. The molecule has 0 spiro atoms. The number of rotatable bonds is 3. The summed E-state index contributed by atoms with van der Waals surface area (Å²) < 4.78 is 6.02. The van der Waals surface area contributed by atoms with Gasteiger partial charge in [0.05, 0.1) is 18.9 Å². The second-order valence-corrected chi connectivity index (χ2v) is 5.15. The zero-order chi connectivity index (χ0) is 12.5. The zero-order valence-corrected chi connectivity index (χ0v) is 11.2. The molecule has 1 fully saturated rings. The van der Waals surface area contributed by atoms with E-state index in [0.717, 1.165) is 10.2 Å². The van der Waals surface area contributed by atoms with Gasteiger partial charge in [0.2, 0.25) is 5.91 Å². The molecule has 1 aromatic rings. The van der Waals surface area contributed by atoms with Gasteiger partial charge in [-0.3, -0.25) is 4.79 Å². The molecule has 0 atom stereocenters. The predicted octanol–water partition coefficient (Wildman–Crippen LogP) is 1.39. The molecule has 1 heterocycles. The van der Waals surface area contributed by atoms with Gasteiger partial charge in [-0.15, -0.1) is 0 Å². The maximum absolute atomic E-state index is 12.4. The lowest BCUT2D eigenvalue weighted by Gasteiger charge is -2.41. The SMILES string of the molecule is CN(C(=O)C1(CN)COC1)c1ccccc1Br. The van der Waals surface area contributed by atoms with E-state index in [1.54, 1.807) is 11.9 Å². The van der Waals surface area contributed by atoms with E-state index in [1.807, 2.05) is 24.3 Å². The Bertz CT molecular complexity index is 427. The normalized spacial score (nSPS) is 17.4. The fourth-order valence-electron chi connectivity index (χ4n) is 1.87. The van der Waals surface area contributed by atoms with Crippen molar-refractivity contribution < 1.29 is 9.53 Å². The molecule has 1 aromatic carbocycles. The number of halogens is 1. The summed E-state index contributed by atoms with van der Waals surface area (Å²) in [7, 11) is 1.76. The lowest BCUT2D eigenvalue weighted by molar-refractivity contribution is -0.156. The molecule has 0 radical (unpaired) electrons. The number of para-hydroxylation sites is 1. The van der Waals surface area contributed by atoms with Crippen LogP contribution in [-0.2, 0) is 9.53 Å². The Morgan fingerprint density at radius 3 is 2.65 bits per heavy atom. The van der Waals surface area contributed by atoms with Crippen LogP contribution in [0, 0.1) is 5.41 Å². The molecule has 0 aliphatic carbocycles. The van der Waals surface area contributed by atoms with Gasteiger partial charge in [0.25, 0.3) is 0 Å². The van der Waals surface area contributed by atoms with Crippen molar-refractivity contribution in [3.63, 3.8) is 0 Å². The van der Waals surface area contributed by atoms with Crippen molar-refractivity contribution >= 4 is 27.5 Å². The van der Waals surface area contributed by atoms with Gasteiger partial charge in [0, 0.05) is 18.1 Å². The summed E-state index contributed by atoms with van der Waals surface area (Å²) in [6, 6.07) is 7.62. The maximum Gasteiger partial charge on any atom is 0.238 e. The van der Waals surface area contributed by atoms with E-state index in [2.05, 4.69) is 15.9 Å². The van der Waals surface area contributed by atoms with Crippen LogP contribution < -0.4 is 10.6 Å². The minimum atomic E-state index is -0.538. The number of amides is 1. The average molecular weight is 299 g/mol. The number of benzene rings is 1. The zero-order valence-electron chi connectivity index (χ0n) is 9.65. The highest BCUT2D eigenvalue weighted by Crippen LogP contribution is 2.32. The predicted molar refractivity (Wildman–Crippen MR) is 69.9 cm³/mol. The molecule has 17 heavy (non-hydrogen) atoms. The van der Waals surface area contributed by atoms with Crippen molar-refractivity contribution in [2.45, 2.75) is 0 Å². The first-order valence-corrected chi connectivity index (χ1v) is 6.20. The molecule has 2 rings (SSSR count). The Kier molecular flexibility index (Phi) is 3.51. The van der Waals surface area contributed by atoms with Crippen molar-refractivity contribution in [2.24, 2.45) is 11.1 Å². The summed E-state index contributed by atoms with van der Waals surface area (Å²) in [6.45, 7) is 1.15. The van der Waals surface area contributed by atoms with Crippen LogP contribution in [0.3, 0.4) is 0 Å². The minimum absolute atomic E-state index is 0.0122. The van der Waals surface area contributed by atoms with Gasteiger partial charge >= 0.3 is 0 Å². The number of carbonyl (C=O) groups excluding carboxylic acids is 1. The molecule has 1 saturated heterocycles.